The third-order valence-corrected chi connectivity index (χ3v) is 0.413. The van der Waals surface area contributed by atoms with Gasteiger partial charge in [0, 0.05) is 0 Å². The van der Waals surface area contributed by atoms with Gasteiger partial charge in [-0.05, 0) is 13.8 Å². The zero-order valence-corrected chi connectivity index (χ0v) is 4.39. The SMILES string of the molecule is C=NC=NCNC. The van der Waals surface area contributed by atoms with E-state index in [1.165, 1.54) is 6.34 Å². The second-order valence-corrected chi connectivity index (χ2v) is 0.992. The van der Waals surface area contributed by atoms with Crippen molar-refractivity contribution in [2.75, 3.05) is 13.7 Å². The van der Waals surface area contributed by atoms with Gasteiger partial charge in [0.2, 0.25) is 0 Å². The zero-order valence-electron chi connectivity index (χ0n) is 4.39. The predicted molar refractivity (Wildman–Crippen MR) is 32.0 cm³/mol. The lowest BCUT2D eigenvalue weighted by Gasteiger charge is -1.82. The maximum Gasteiger partial charge on any atom is 0.110 e. The fourth-order valence-corrected chi connectivity index (χ4v) is 0.190. The van der Waals surface area contributed by atoms with E-state index in [2.05, 4.69) is 22.0 Å². The molecule has 0 fully saturated rings. The van der Waals surface area contributed by atoms with Gasteiger partial charge >= 0.3 is 0 Å². The Hall–Kier alpha value is -0.700. The second kappa shape index (κ2) is 5.30. The molecule has 1 N–H and O–H groups in total. The molecule has 0 bridgehead atoms. The van der Waals surface area contributed by atoms with Crippen LogP contribution < -0.4 is 5.32 Å². The van der Waals surface area contributed by atoms with Crippen LogP contribution in [-0.4, -0.2) is 26.8 Å². The van der Waals surface area contributed by atoms with E-state index in [0.717, 1.165) is 0 Å². The Morgan fingerprint density at radius 2 is 2.57 bits per heavy atom. The van der Waals surface area contributed by atoms with Crippen molar-refractivity contribution in [1.82, 2.24) is 5.32 Å². The van der Waals surface area contributed by atoms with E-state index in [9.17, 15) is 0 Å². The van der Waals surface area contributed by atoms with Crippen molar-refractivity contribution in [3.8, 4) is 0 Å². The minimum Gasteiger partial charge on any atom is -0.301 e. The van der Waals surface area contributed by atoms with Gasteiger partial charge < -0.3 is 5.32 Å². The molecule has 0 spiro atoms. The fraction of sp³-hybridized carbons (Fsp3) is 0.500. The Kier molecular flexibility index (Phi) is 4.77. The highest BCUT2D eigenvalue weighted by molar-refractivity contribution is 5.61. The lowest BCUT2D eigenvalue weighted by atomic mass is 11.0. The van der Waals surface area contributed by atoms with E-state index < -0.39 is 0 Å². The van der Waals surface area contributed by atoms with Crippen molar-refractivity contribution in [1.29, 1.82) is 0 Å². The van der Waals surface area contributed by atoms with Gasteiger partial charge in [-0.2, -0.15) is 0 Å². The van der Waals surface area contributed by atoms with E-state index in [4.69, 9.17) is 0 Å². The molecule has 40 valence electrons. The lowest BCUT2D eigenvalue weighted by Crippen LogP contribution is -2.04. The largest absolute Gasteiger partial charge is 0.301 e. The summed E-state index contributed by atoms with van der Waals surface area (Å²) in [5, 5.41) is 2.82. The summed E-state index contributed by atoms with van der Waals surface area (Å²) in [6.07, 6.45) is 1.41. The Labute approximate surface area is 43.2 Å². The van der Waals surface area contributed by atoms with Crippen LogP contribution in [0.2, 0.25) is 0 Å². The maximum atomic E-state index is 3.74. The monoisotopic (exact) mass is 99.1 g/mol. The molecule has 0 saturated carbocycles. The molecule has 0 aliphatic heterocycles. The van der Waals surface area contributed by atoms with Gasteiger partial charge in [-0.3, -0.25) is 9.98 Å². The Bertz CT molecular complexity index is 67.3. The molecule has 0 rings (SSSR count). The number of rotatable bonds is 3. The minimum atomic E-state index is 0.610. The molecule has 0 aromatic carbocycles. The van der Waals surface area contributed by atoms with Crippen molar-refractivity contribution < 1.29 is 0 Å². The molecule has 3 heteroatoms. The van der Waals surface area contributed by atoms with Crippen LogP contribution in [0.3, 0.4) is 0 Å². The fourth-order valence-electron chi connectivity index (χ4n) is 0.190. The van der Waals surface area contributed by atoms with Crippen LogP contribution in [0.25, 0.3) is 0 Å². The maximum absolute atomic E-state index is 3.74. The Balaban J connectivity index is 2.92. The van der Waals surface area contributed by atoms with E-state index in [1.54, 1.807) is 0 Å². The van der Waals surface area contributed by atoms with Crippen molar-refractivity contribution in [3.05, 3.63) is 0 Å². The van der Waals surface area contributed by atoms with Crippen molar-refractivity contribution >= 4 is 13.1 Å². The van der Waals surface area contributed by atoms with Gasteiger partial charge in [0.15, 0.2) is 0 Å². The van der Waals surface area contributed by atoms with E-state index >= 15 is 0 Å². The predicted octanol–water partition coefficient (Wildman–Crippen LogP) is -0.108. The first kappa shape index (κ1) is 6.30. The summed E-state index contributed by atoms with van der Waals surface area (Å²) in [6, 6.07) is 0. The number of aliphatic imine (C=N–C) groups is 2. The standard InChI is InChI=1S/C4H9N3/c1-5-3-7-4-6-2/h3,6H,1,4H2,2H3. The smallest absolute Gasteiger partial charge is 0.110 e. The molecule has 0 heterocycles. The average Bonchev–Trinajstić information content (AvgIpc) is 1.69. The molecule has 0 aromatic rings. The summed E-state index contributed by atoms with van der Waals surface area (Å²) < 4.78 is 0. The molecule has 3 nitrogen and oxygen atoms in total. The highest BCUT2D eigenvalue weighted by atomic mass is 15.0. The number of hydrogen-bond acceptors (Lipinski definition) is 2. The quantitative estimate of drug-likeness (QED) is 0.389. The van der Waals surface area contributed by atoms with Gasteiger partial charge in [-0.15, -0.1) is 0 Å². The first-order chi connectivity index (χ1) is 3.41. The van der Waals surface area contributed by atoms with Gasteiger partial charge in [0.1, 0.15) is 6.34 Å². The lowest BCUT2D eigenvalue weighted by molar-refractivity contribution is 0.837. The highest BCUT2D eigenvalue weighted by Crippen LogP contribution is 1.57. The zero-order chi connectivity index (χ0) is 5.54. The van der Waals surface area contributed by atoms with Gasteiger partial charge in [-0.1, -0.05) is 0 Å². The number of nitrogens with one attached hydrogen (secondary N) is 1. The van der Waals surface area contributed by atoms with E-state index in [-0.39, 0.29) is 0 Å². The van der Waals surface area contributed by atoms with Crippen LogP contribution in [0, 0.1) is 0 Å². The van der Waals surface area contributed by atoms with E-state index in [1.807, 2.05) is 7.05 Å². The average molecular weight is 99.1 g/mol. The van der Waals surface area contributed by atoms with Crippen LogP contribution in [0.15, 0.2) is 9.98 Å². The van der Waals surface area contributed by atoms with E-state index in [0.29, 0.717) is 6.67 Å². The first-order valence-corrected chi connectivity index (χ1v) is 2.00. The summed E-state index contributed by atoms with van der Waals surface area (Å²) >= 11 is 0. The molecule has 0 atom stereocenters. The van der Waals surface area contributed by atoms with Crippen molar-refractivity contribution in [2.24, 2.45) is 9.98 Å². The molecule has 0 saturated heterocycles. The topological polar surface area (TPSA) is 36.8 Å². The third-order valence-electron chi connectivity index (χ3n) is 0.413. The normalized spacial score (nSPS) is 9.86. The third kappa shape index (κ3) is 5.30. The second-order valence-electron chi connectivity index (χ2n) is 0.992. The Morgan fingerprint density at radius 3 is 3.00 bits per heavy atom. The molecule has 0 amide bonds. The summed E-state index contributed by atoms with van der Waals surface area (Å²) in [7, 11) is 1.82. The van der Waals surface area contributed by atoms with Crippen LogP contribution in [-0.2, 0) is 0 Å². The molecule has 0 aromatic heterocycles. The van der Waals surface area contributed by atoms with Crippen LogP contribution >= 0.6 is 0 Å². The molecule has 7 heavy (non-hydrogen) atoms. The molecule has 0 radical (unpaired) electrons. The highest BCUT2D eigenvalue weighted by Gasteiger charge is 1.62. The van der Waals surface area contributed by atoms with Gasteiger partial charge in [-0.25, -0.2) is 0 Å². The van der Waals surface area contributed by atoms with Crippen molar-refractivity contribution in [2.45, 2.75) is 0 Å². The van der Waals surface area contributed by atoms with Crippen LogP contribution in [0.1, 0.15) is 0 Å². The summed E-state index contributed by atoms with van der Waals surface area (Å²) in [6.45, 7) is 3.82. The Morgan fingerprint density at radius 1 is 1.86 bits per heavy atom. The molecule has 0 unspecified atom stereocenters. The molecule has 0 aliphatic rings. The van der Waals surface area contributed by atoms with Gasteiger partial charge in [0.25, 0.3) is 0 Å². The number of nitrogens with zero attached hydrogens (tertiary/aromatic N) is 2. The molecular weight excluding hydrogens is 90.1 g/mol. The summed E-state index contributed by atoms with van der Waals surface area (Å²) in [5.41, 5.74) is 0. The van der Waals surface area contributed by atoms with Crippen molar-refractivity contribution in [3.63, 3.8) is 0 Å². The molecular formula is C4H9N3. The minimum absolute atomic E-state index is 0.610. The van der Waals surface area contributed by atoms with Crippen LogP contribution in [0.5, 0.6) is 0 Å². The van der Waals surface area contributed by atoms with Gasteiger partial charge in [0.05, 0.1) is 6.67 Å². The summed E-state index contributed by atoms with van der Waals surface area (Å²) in [4.78, 5) is 7.13. The summed E-state index contributed by atoms with van der Waals surface area (Å²) in [5.74, 6) is 0. The number of hydrogen-bond donors (Lipinski definition) is 1. The van der Waals surface area contributed by atoms with Crippen LogP contribution in [0.4, 0.5) is 0 Å². The molecule has 0 aliphatic carbocycles. The first-order valence-electron chi connectivity index (χ1n) is 2.00.